The van der Waals surface area contributed by atoms with Crippen molar-refractivity contribution in [3.05, 3.63) is 77.1 Å². The first-order valence-electron chi connectivity index (χ1n) is 7.60. The van der Waals surface area contributed by atoms with Crippen LogP contribution < -0.4 is 11.1 Å². The maximum absolute atomic E-state index is 12.6. The molecule has 0 spiro atoms. The predicted octanol–water partition coefficient (Wildman–Crippen LogP) is 4.31. The second-order valence-electron chi connectivity index (χ2n) is 5.50. The molecule has 1 heterocycles. The summed E-state index contributed by atoms with van der Waals surface area (Å²) in [5, 5.41) is 11.5. The van der Waals surface area contributed by atoms with Crippen LogP contribution in [-0.2, 0) is 0 Å². The summed E-state index contributed by atoms with van der Waals surface area (Å²) in [5.74, 6) is -0.230. The molecule has 26 heavy (non-hydrogen) atoms. The largest absolute Gasteiger partial charge is 0.465 e. The van der Waals surface area contributed by atoms with E-state index in [2.05, 4.69) is 10.3 Å². The van der Waals surface area contributed by atoms with Crippen LogP contribution in [0, 0.1) is 0 Å². The Balaban J connectivity index is 1.93. The minimum atomic E-state index is -1.17. The number of anilines is 2. The zero-order valence-electron chi connectivity index (χ0n) is 13.4. The number of carbonyl (C=O) groups excluding carboxylic acids is 1. The van der Waals surface area contributed by atoms with Crippen molar-refractivity contribution >= 4 is 34.9 Å². The molecule has 0 fully saturated rings. The van der Waals surface area contributed by atoms with Crippen molar-refractivity contribution in [1.29, 1.82) is 0 Å². The molecule has 0 saturated heterocycles. The standard InChI is InChI=1S/C19H14ClN3O3/c20-13-4-7-17(22-10-13)18(24)12-3-1-2-11(8-12)15-6-5-14(9-16(15)21)23-19(25)26/h1-10,23H,21H2,(H,25,26). The first kappa shape index (κ1) is 17.4. The lowest BCUT2D eigenvalue weighted by molar-refractivity contribution is 0.103. The van der Waals surface area contributed by atoms with E-state index in [1.54, 1.807) is 42.5 Å². The number of nitrogens with one attached hydrogen (secondary N) is 1. The number of nitrogens with zero attached hydrogens (tertiary/aromatic N) is 1. The average Bonchev–Trinajstić information content (AvgIpc) is 2.61. The number of hydrogen-bond acceptors (Lipinski definition) is 4. The lowest BCUT2D eigenvalue weighted by atomic mass is 9.98. The fourth-order valence-corrected chi connectivity index (χ4v) is 2.62. The molecule has 130 valence electrons. The topological polar surface area (TPSA) is 105 Å². The van der Waals surface area contributed by atoms with Crippen LogP contribution in [0.4, 0.5) is 16.2 Å². The molecule has 0 atom stereocenters. The molecule has 0 aliphatic rings. The van der Waals surface area contributed by atoms with Crippen LogP contribution in [0.15, 0.2) is 60.8 Å². The SMILES string of the molecule is Nc1cc(NC(=O)O)ccc1-c1cccc(C(=O)c2ccc(Cl)cn2)c1. The number of hydrogen-bond donors (Lipinski definition) is 3. The minimum Gasteiger partial charge on any atom is -0.465 e. The van der Waals surface area contributed by atoms with E-state index in [9.17, 15) is 9.59 Å². The molecule has 0 saturated carbocycles. The first-order valence-corrected chi connectivity index (χ1v) is 7.98. The van der Waals surface area contributed by atoms with Gasteiger partial charge in [-0.25, -0.2) is 4.79 Å². The highest BCUT2D eigenvalue weighted by Gasteiger charge is 2.13. The number of aromatic nitrogens is 1. The molecule has 0 aliphatic carbocycles. The van der Waals surface area contributed by atoms with Crippen molar-refractivity contribution in [3.8, 4) is 11.1 Å². The van der Waals surface area contributed by atoms with E-state index in [0.717, 1.165) is 5.56 Å². The highest BCUT2D eigenvalue weighted by atomic mass is 35.5. The third-order valence-electron chi connectivity index (χ3n) is 3.70. The Morgan fingerprint density at radius 3 is 2.54 bits per heavy atom. The number of pyridine rings is 1. The van der Waals surface area contributed by atoms with Crippen LogP contribution in [0.3, 0.4) is 0 Å². The summed E-state index contributed by atoms with van der Waals surface area (Å²) in [6, 6.07) is 15.0. The molecule has 3 rings (SSSR count). The molecule has 4 N–H and O–H groups in total. The predicted molar refractivity (Wildman–Crippen MR) is 101 cm³/mol. The Labute approximate surface area is 154 Å². The van der Waals surface area contributed by atoms with Crippen LogP contribution in [0.25, 0.3) is 11.1 Å². The summed E-state index contributed by atoms with van der Waals surface area (Å²) in [7, 11) is 0. The van der Waals surface area contributed by atoms with Gasteiger partial charge in [-0.1, -0.05) is 35.9 Å². The zero-order chi connectivity index (χ0) is 18.7. The van der Waals surface area contributed by atoms with E-state index in [1.807, 2.05) is 6.07 Å². The molecule has 1 amide bonds. The lowest BCUT2D eigenvalue weighted by Gasteiger charge is -2.10. The van der Waals surface area contributed by atoms with Gasteiger partial charge in [-0.3, -0.25) is 15.1 Å². The number of rotatable bonds is 4. The van der Waals surface area contributed by atoms with Crippen molar-refractivity contribution in [2.75, 3.05) is 11.1 Å². The van der Waals surface area contributed by atoms with Crippen molar-refractivity contribution in [2.24, 2.45) is 0 Å². The van der Waals surface area contributed by atoms with Crippen molar-refractivity contribution in [1.82, 2.24) is 4.98 Å². The van der Waals surface area contributed by atoms with Gasteiger partial charge in [0.25, 0.3) is 0 Å². The fraction of sp³-hybridized carbons (Fsp3) is 0. The molecular formula is C19H14ClN3O3. The molecule has 0 bridgehead atoms. The number of nitrogen functional groups attached to an aromatic ring is 1. The molecule has 3 aromatic rings. The Morgan fingerprint density at radius 2 is 1.88 bits per heavy atom. The Kier molecular flexibility index (Phi) is 4.86. The van der Waals surface area contributed by atoms with Crippen molar-refractivity contribution in [3.63, 3.8) is 0 Å². The van der Waals surface area contributed by atoms with Crippen LogP contribution >= 0.6 is 11.6 Å². The van der Waals surface area contributed by atoms with E-state index in [-0.39, 0.29) is 5.78 Å². The van der Waals surface area contributed by atoms with Gasteiger partial charge in [0.2, 0.25) is 5.78 Å². The number of nitrogens with two attached hydrogens (primary N) is 1. The van der Waals surface area contributed by atoms with Crippen LogP contribution in [0.1, 0.15) is 16.1 Å². The van der Waals surface area contributed by atoms with Crippen molar-refractivity contribution in [2.45, 2.75) is 0 Å². The highest BCUT2D eigenvalue weighted by molar-refractivity contribution is 6.30. The quantitative estimate of drug-likeness (QED) is 0.470. The highest BCUT2D eigenvalue weighted by Crippen LogP contribution is 2.29. The van der Waals surface area contributed by atoms with Gasteiger partial charge in [0, 0.05) is 28.7 Å². The first-order chi connectivity index (χ1) is 12.4. The van der Waals surface area contributed by atoms with Gasteiger partial charge in [-0.15, -0.1) is 0 Å². The second kappa shape index (κ2) is 7.25. The summed E-state index contributed by atoms with van der Waals surface area (Å²) in [6.45, 7) is 0. The summed E-state index contributed by atoms with van der Waals surface area (Å²) >= 11 is 5.80. The van der Waals surface area contributed by atoms with Gasteiger partial charge in [-0.2, -0.15) is 0 Å². The summed E-state index contributed by atoms with van der Waals surface area (Å²) < 4.78 is 0. The summed E-state index contributed by atoms with van der Waals surface area (Å²) in [6.07, 6.45) is 0.255. The fourth-order valence-electron chi connectivity index (χ4n) is 2.51. The van der Waals surface area contributed by atoms with Crippen LogP contribution in [0.5, 0.6) is 0 Å². The number of ketones is 1. The normalized spacial score (nSPS) is 10.3. The maximum atomic E-state index is 12.6. The third-order valence-corrected chi connectivity index (χ3v) is 3.92. The van der Waals surface area contributed by atoms with Crippen LogP contribution in [-0.4, -0.2) is 22.0 Å². The molecule has 0 unspecified atom stereocenters. The van der Waals surface area contributed by atoms with Crippen LogP contribution in [0.2, 0.25) is 5.02 Å². The van der Waals surface area contributed by atoms with E-state index in [0.29, 0.717) is 33.2 Å². The molecular weight excluding hydrogens is 354 g/mol. The number of amides is 1. The third kappa shape index (κ3) is 3.81. The average molecular weight is 368 g/mol. The van der Waals surface area contributed by atoms with E-state index >= 15 is 0 Å². The monoisotopic (exact) mass is 367 g/mol. The van der Waals surface area contributed by atoms with Gasteiger partial charge in [-0.05, 0) is 35.9 Å². The number of benzene rings is 2. The minimum absolute atomic E-state index is 0.230. The van der Waals surface area contributed by atoms with E-state index in [1.165, 1.54) is 12.3 Å². The van der Waals surface area contributed by atoms with E-state index in [4.69, 9.17) is 22.4 Å². The smallest absolute Gasteiger partial charge is 0.409 e. The van der Waals surface area contributed by atoms with Gasteiger partial charge in [0.15, 0.2) is 0 Å². The molecule has 1 aromatic heterocycles. The molecule has 0 radical (unpaired) electrons. The van der Waals surface area contributed by atoms with E-state index < -0.39 is 6.09 Å². The lowest BCUT2D eigenvalue weighted by Crippen LogP contribution is -2.07. The Bertz CT molecular complexity index is 988. The number of carbonyl (C=O) groups is 2. The Morgan fingerprint density at radius 1 is 1.08 bits per heavy atom. The maximum Gasteiger partial charge on any atom is 0.409 e. The van der Waals surface area contributed by atoms with Crippen molar-refractivity contribution < 1.29 is 14.7 Å². The van der Waals surface area contributed by atoms with Gasteiger partial charge in [0.05, 0.1) is 5.02 Å². The molecule has 0 aliphatic heterocycles. The number of halogens is 1. The van der Waals surface area contributed by atoms with Gasteiger partial charge < -0.3 is 10.8 Å². The number of carboxylic acid groups (broad SMARTS) is 1. The molecule has 7 heteroatoms. The second-order valence-corrected chi connectivity index (χ2v) is 5.94. The molecule has 6 nitrogen and oxygen atoms in total. The van der Waals surface area contributed by atoms with Gasteiger partial charge >= 0.3 is 6.09 Å². The zero-order valence-corrected chi connectivity index (χ0v) is 14.2. The summed E-state index contributed by atoms with van der Waals surface area (Å²) in [4.78, 5) is 27.3. The van der Waals surface area contributed by atoms with Gasteiger partial charge in [0.1, 0.15) is 5.69 Å². The Hall–Kier alpha value is -3.38. The summed E-state index contributed by atoms with van der Waals surface area (Å²) in [5.41, 5.74) is 8.99. The molecule has 2 aromatic carbocycles.